The second-order valence-electron chi connectivity index (χ2n) is 5.17. The van der Waals surface area contributed by atoms with Crippen molar-refractivity contribution < 1.29 is 4.74 Å². The summed E-state index contributed by atoms with van der Waals surface area (Å²) in [5.74, 6) is 0. The van der Waals surface area contributed by atoms with Gasteiger partial charge in [-0.2, -0.15) is 5.26 Å². The van der Waals surface area contributed by atoms with Crippen LogP contribution in [0.25, 0.3) is 0 Å². The van der Waals surface area contributed by atoms with Crippen LogP contribution in [-0.4, -0.2) is 61.8 Å². The average Bonchev–Trinajstić information content (AvgIpc) is 2.22. The molecular weight excluding hydrogens is 202 g/mol. The summed E-state index contributed by atoms with van der Waals surface area (Å²) >= 11 is 0. The molecule has 0 bridgehead atoms. The Bertz CT molecular complexity index is 259. The minimum Gasteiger partial charge on any atom is -0.383 e. The summed E-state index contributed by atoms with van der Waals surface area (Å²) < 4.78 is 5.11. The number of rotatable bonds is 4. The molecule has 1 heterocycles. The number of nitriles is 1. The minimum atomic E-state index is 0.132. The van der Waals surface area contributed by atoms with Crippen molar-refractivity contribution in [3.63, 3.8) is 0 Å². The van der Waals surface area contributed by atoms with Crippen LogP contribution in [0.5, 0.6) is 0 Å². The summed E-state index contributed by atoms with van der Waals surface area (Å²) in [4.78, 5) is 4.73. The fourth-order valence-electron chi connectivity index (χ4n) is 2.34. The standard InChI is InChI=1S/C12H23N3O/c1-12(2)10-15(7-8-16-4)9-11(5-6-13)14(12)3/h11H,5,7-10H2,1-4H3. The van der Waals surface area contributed by atoms with Gasteiger partial charge < -0.3 is 4.74 Å². The van der Waals surface area contributed by atoms with E-state index in [1.54, 1.807) is 7.11 Å². The lowest BCUT2D eigenvalue weighted by atomic mass is 9.94. The molecule has 0 N–H and O–H groups in total. The van der Waals surface area contributed by atoms with Gasteiger partial charge in [0.15, 0.2) is 0 Å². The maximum atomic E-state index is 8.85. The summed E-state index contributed by atoms with van der Waals surface area (Å²) in [5.41, 5.74) is 0.132. The quantitative estimate of drug-likeness (QED) is 0.714. The van der Waals surface area contributed by atoms with Crippen molar-refractivity contribution in [1.29, 1.82) is 5.26 Å². The second-order valence-corrected chi connectivity index (χ2v) is 5.17. The number of piperazine rings is 1. The molecule has 1 aliphatic heterocycles. The molecule has 0 saturated carbocycles. The molecule has 92 valence electrons. The summed E-state index contributed by atoms with van der Waals surface area (Å²) in [6.45, 7) is 8.19. The van der Waals surface area contributed by atoms with E-state index in [0.29, 0.717) is 12.5 Å². The molecule has 0 aliphatic carbocycles. The first-order chi connectivity index (χ1) is 7.51. The fraction of sp³-hybridized carbons (Fsp3) is 0.917. The first-order valence-electron chi connectivity index (χ1n) is 5.82. The van der Waals surface area contributed by atoms with E-state index < -0.39 is 0 Å². The molecular formula is C12H23N3O. The zero-order chi connectivity index (χ0) is 12.2. The van der Waals surface area contributed by atoms with Gasteiger partial charge in [0, 0.05) is 38.3 Å². The van der Waals surface area contributed by atoms with Gasteiger partial charge in [0.05, 0.1) is 19.1 Å². The predicted molar refractivity (Wildman–Crippen MR) is 64.2 cm³/mol. The van der Waals surface area contributed by atoms with Crippen LogP contribution in [-0.2, 0) is 4.74 Å². The van der Waals surface area contributed by atoms with Gasteiger partial charge in [-0.1, -0.05) is 0 Å². The molecule has 1 fully saturated rings. The molecule has 1 saturated heterocycles. The zero-order valence-corrected chi connectivity index (χ0v) is 10.9. The van der Waals surface area contributed by atoms with E-state index in [1.165, 1.54) is 0 Å². The van der Waals surface area contributed by atoms with E-state index in [-0.39, 0.29) is 5.54 Å². The van der Waals surface area contributed by atoms with Crippen LogP contribution in [0.4, 0.5) is 0 Å². The Hall–Kier alpha value is -0.630. The van der Waals surface area contributed by atoms with Crippen molar-refractivity contribution in [3.05, 3.63) is 0 Å². The lowest BCUT2D eigenvalue weighted by molar-refractivity contribution is -0.0125. The molecule has 0 aromatic carbocycles. The number of hydrogen-bond donors (Lipinski definition) is 0. The van der Waals surface area contributed by atoms with E-state index in [2.05, 4.69) is 36.8 Å². The Labute approximate surface area is 98.8 Å². The maximum absolute atomic E-state index is 8.85. The van der Waals surface area contributed by atoms with Crippen molar-refractivity contribution >= 4 is 0 Å². The largest absolute Gasteiger partial charge is 0.383 e. The molecule has 1 rings (SSSR count). The number of likely N-dealkylation sites (N-methyl/N-ethyl adjacent to an activating group) is 1. The van der Waals surface area contributed by atoms with Crippen LogP contribution in [0, 0.1) is 11.3 Å². The fourth-order valence-corrected chi connectivity index (χ4v) is 2.34. The number of nitrogens with zero attached hydrogens (tertiary/aromatic N) is 3. The predicted octanol–water partition coefficient (Wildman–Crippen LogP) is 0.941. The van der Waals surface area contributed by atoms with Gasteiger partial charge in [-0.15, -0.1) is 0 Å². The van der Waals surface area contributed by atoms with Gasteiger partial charge in [0.1, 0.15) is 0 Å². The number of methoxy groups -OCH3 is 1. The molecule has 0 radical (unpaired) electrons. The molecule has 0 aromatic rings. The van der Waals surface area contributed by atoms with Crippen LogP contribution in [0.15, 0.2) is 0 Å². The first kappa shape index (κ1) is 13.4. The van der Waals surface area contributed by atoms with Gasteiger partial charge in [-0.05, 0) is 20.9 Å². The summed E-state index contributed by atoms with van der Waals surface area (Å²) in [6.07, 6.45) is 0.601. The Morgan fingerprint density at radius 2 is 2.19 bits per heavy atom. The summed E-state index contributed by atoms with van der Waals surface area (Å²) in [7, 11) is 3.85. The highest BCUT2D eigenvalue weighted by molar-refractivity contribution is 4.96. The van der Waals surface area contributed by atoms with Crippen LogP contribution in [0.2, 0.25) is 0 Å². The van der Waals surface area contributed by atoms with E-state index in [0.717, 1.165) is 26.2 Å². The first-order valence-corrected chi connectivity index (χ1v) is 5.82. The second kappa shape index (κ2) is 5.62. The van der Waals surface area contributed by atoms with E-state index >= 15 is 0 Å². The Kier molecular flexibility index (Phi) is 4.72. The molecule has 1 unspecified atom stereocenters. The molecule has 0 spiro atoms. The molecule has 16 heavy (non-hydrogen) atoms. The van der Waals surface area contributed by atoms with Crippen LogP contribution < -0.4 is 0 Å². The highest BCUT2D eigenvalue weighted by Gasteiger charge is 2.36. The van der Waals surface area contributed by atoms with Crippen molar-refractivity contribution in [1.82, 2.24) is 9.80 Å². The molecule has 1 atom stereocenters. The third kappa shape index (κ3) is 3.18. The maximum Gasteiger partial charge on any atom is 0.0638 e. The highest BCUT2D eigenvalue weighted by Crippen LogP contribution is 2.24. The molecule has 4 heteroatoms. The topological polar surface area (TPSA) is 39.5 Å². The number of hydrogen-bond acceptors (Lipinski definition) is 4. The Balaban J connectivity index is 2.62. The SMILES string of the molecule is COCCN1CC(CC#N)N(C)C(C)(C)C1. The molecule has 1 aliphatic rings. The summed E-state index contributed by atoms with van der Waals surface area (Å²) in [6, 6.07) is 2.62. The van der Waals surface area contributed by atoms with E-state index in [1.807, 2.05) is 0 Å². The monoisotopic (exact) mass is 225 g/mol. The lowest BCUT2D eigenvalue weighted by Gasteiger charge is -2.49. The number of ether oxygens (including phenoxy) is 1. The Morgan fingerprint density at radius 3 is 2.75 bits per heavy atom. The van der Waals surface area contributed by atoms with Crippen LogP contribution >= 0.6 is 0 Å². The van der Waals surface area contributed by atoms with Crippen LogP contribution in [0.3, 0.4) is 0 Å². The third-order valence-electron chi connectivity index (χ3n) is 3.52. The van der Waals surface area contributed by atoms with Gasteiger partial charge >= 0.3 is 0 Å². The van der Waals surface area contributed by atoms with Crippen molar-refractivity contribution in [3.8, 4) is 6.07 Å². The summed E-state index contributed by atoms with van der Waals surface area (Å²) in [5, 5.41) is 8.85. The van der Waals surface area contributed by atoms with Crippen molar-refractivity contribution in [2.75, 3.05) is 40.4 Å². The normalized spacial score (nSPS) is 26.6. The van der Waals surface area contributed by atoms with Crippen molar-refractivity contribution in [2.24, 2.45) is 0 Å². The van der Waals surface area contributed by atoms with E-state index in [9.17, 15) is 0 Å². The zero-order valence-electron chi connectivity index (χ0n) is 10.9. The van der Waals surface area contributed by atoms with Gasteiger partial charge in [-0.3, -0.25) is 9.80 Å². The minimum absolute atomic E-state index is 0.132. The smallest absolute Gasteiger partial charge is 0.0638 e. The lowest BCUT2D eigenvalue weighted by Crippen LogP contribution is -2.62. The average molecular weight is 225 g/mol. The van der Waals surface area contributed by atoms with Gasteiger partial charge in [0.2, 0.25) is 0 Å². The third-order valence-corrected chi connectivity index (χ3v) is 3.52. The van der Waals surface area contributed by atoms with Crippen LogP contribution in [0.1, 0.15) is 20.3 Å². The molecule has 0 amide bonds. The van der Waals surface area contributed by atoms with E-state index in [4.69, 9.17) is 10.00 Å². The van der Waals surface area contributed by atoms with Crippen molar-refractivity contribution in [2.45, 2.75) is 31.8 Å². The Morgan fingerprint density at radius 1 is 1.50 bits per heavy atom. The van der Waals surface area contributed by atoms with Gasteiger partial charge in [0.25, 0.3) is 0 Å². The highest BCUT2D eigenvalue weighted by atomic mass is 16.5. The molecule has 0 aromatic heterocycles. The van der Waals surface area contributed by atoms with Gasteiger partial charge in [-0.25, -0.2) is 0 Å². The molecule has 4 nitrogen and oxygen atoms in total.